The van der Waals surface area contributed by atoms with Crippen molar-refractivity contribution in [3.63, 3.8) is 0 Å². The fourth-order valence-corrected chi connectivity index (χ4v) is 6.05. The van der Waals surface area contributed by atoms with Crippen molar-refractivity contribution in [3.05, 3.63) is 23.8 Å². The van der Waals surface area contributed by atoms with Crippen molar-refractivity contribution in [2.24, 2.45) is 0 Å². The summed E-state index contributed by atoms with van der Waals surface area (Å²) in [5, 5.41) is 3.06. The van der Waals surface area contributed by atoms with E-state index in [9.17, 15) is 13.2 Å². The number of nitrogens with zero attached hydrogens (tertiary/aromatic N) is 2. The summed E-state index contributed by atoms with van der Waals surface area (Å²) in [6, 6.07) is 4.59. The summed E-state index contributed by atoms with van der Waals surface area (Å²) >= 11 is 0. The van der Waals surface area contributed by atoms with Crippen molar-refractivity contribution in [2.45, 2.75) is 49.0 Å². The molecule has 0 bridgehead atoms. The molecule has 174 valence electrons. The number of benzene rings is 1. The molecule has 9 heteroatoms. The Hall–Kier alpha value is -1.68. The summed E-state index contributed by atoms with van der Waals surface area (Å²) in [5.41, 5.74) is 0.247. The van der Waals surface area contributed by atoms with E-state index < -0.39 is 10.0 Å². The molecule has 2 aliphatic rings. The summed E-state index contributed by atoms with van der Waals surface area (Å²) in [4.78, 5) is 15.2. The highest BCUT2D eigenvalue weighted by molar-refractivity contribution is 7.89. The van der Waals surface area contributed by atoms with Gasteiger partial charge in [0, 0.05) is 30.7 Å². The third-order valence-electron chi connectivity index (χ3n) is 6.57. The maximum Gasteiger partial charge on any atom is 0.251 e. The Morgan fingerprint density at radius 1 is 1.16 bits per heavy atom. The third kappa shape index (κ3) is 5.39. The molecule has 0 atom stereocenters. The number of carbonyl (C=O) groups is 1. The highest BCUT2D eigenvalue weighted by Crippen LogP contribution is 2.31. The van der Waals surface area contributed by atoms with Gasteiger partial charge in [-0.3, -0.25) is 4.79 Å². The first kappa shape index (κ1) is 24.0. The van der Waals surface area contributed by atoms with Crippen LogP contribution in [0.15, 0.2) is 23.1 Å². The average molecular weight is 454 g/mol. The van der Waals surface area contributed by atoms with Gasteiger partial charge in [-0.1, -0.05) is 25.7 Å². The topological polar surface area (TPSA) is 88.2 Å². The molecule has 1 aliphatic carbocycles. The Balaban J connectivity index is 1.81. The third-order valence-corrected chi connectivity index (χ3v) is 8.49. The van der Waals surface area contributed by atoms with Crippen LogP contribution in [-0.4, -0.2) is 83.1 Å². The molecule has 1 saturated carbocycles. The fourth-order valence-electron chi connectivity index (χ4n) is 4.46. The van der Waals surface area contributed by atoms with Gasteiger partial charge >= 0.3 is 0 Å². The van der Waals surface area contributed by atoms with E-state index in [2.05, 4.69) is 24.3 Å². The summed E-state index contributed by atoms with van der Waals surface area (Å²) < 4.78 is 38.3. The number of ether oxygens (including phenoxy) is 2. The lowest BCUT2D eigenvalue weighted by molar-refractivity contribution is 0.0729. The highest BCUT2D eigenvalue weighted by atomic mass is 32.2. The normalized spacial score (nSPS) is 20.3. The van der Waals surface area contributed by atoms with Gasteiger partial charge in [-0.15, -0.1) is 0 Å². The number of methoxy groups -OCH3 is 1. The Morgan fingerprint density at radius 3 is 2.39 bits per heavy atom. The molecule has 1 aromatic carbocycles. The Morgan fingerprint density at radius 2 is 1.81 bits per heavy atom. The smallest absolute Gasteiger partial charge is 0.251 e. The zero-order chi connectivity index (χ0) is 22.5. The maximum absolute atomic E-state index is 13.2. The second kappa shape index (κ2) is 10.3. The van der Waals surface area contributed by atoms with Crippen LogP contribution in [0.2, 0.25) is 0 Å². The lowest BCUT2D eigenvalue weighted by Crippen LogP contribution is -2.52. The van der Waals surface area contributed by atoms with Crippen molar-refractivity contribution in [1.82, 2.24) is 14.5 Å². The van der Waals surface area contributed by atoms with Gasteiger partial charge in [0.15, 0.2) is 0 Å². The summed E-state index contributed by atoms with van der Waals surface area (Å²) in [6.45, 7) is 1.82. The van der Waals surface area contributed by atoms with Crippen LogP contribution in [0.5, 0.6) is 5.75 Å². The minimum atomic E-state index is -3.79. The molecule has 0 unspecified atom stereocenters. The number of nitrogens with one attached hydrogen (secondary N) is 1. The number of morpholine rings is 1. The van der Waals surface area contributed by atoms with Gasteiger partial charge in [0.05, 0.1) is 20.3 Å². The van der Waals surface area contributed by atoms with Gasteiger partial charge in [-0.25, -0.2) is 8.42 Å². The highest BCUT2D eigenvalue weighted by Gasteiger charge is 2.34. The zero-order valence-electron chi connectivity index (χ0n) is 18.9. The molecule has 1 aromatic rings. The summed E-state index contributed by atoms with van der Waals surface area (Å²) in [7, 11) is 1.78. The molecule has 0 spiro atoms. The van der Waals surface area contributed by atoms with E-state index in [1.807, 2.05) is 0 Å². The van der Waals surface area contributed by atoms with Crippen LogP contribution in [0.4, 0.5) is 0 Å². The molecule has 1 N–H and O–H groups in total. The molecular formula is C22H35N3O5S. The Labute approximate surface area is 185 Å². The van der Waals surface area contributed by atoms with E-state index in [1.54, 1.807) is 12.1 Å². The zero-order valence-corrected chi connectivity index (χ0v) is 19.7. The van der Waals surface area contributed by atoms with Crippen LogP contribution in [-0.2, 0) is 14.8 Å². The van der Waals surface area contributed by atoms with Crippen LogP contribution >= 0.6 is 0 Å². The minimum Gasteiger partial charge on any atom is -0.495 e. The molecule has 0 radical (unpaired) electrons. The van der Waals surface area contributed by atoms with Crippen molar-refractivity contribution in [3.8, 4) is 5.75 Å². The van der Waals surface area contributed by atoms with Crippen LogP contribution < -0.4 is 10.1 Å². The van der Waals surface area contributed by atoms with Crippen LogP contribution in [0.25, 0.3) is 0 Å². The number of sulfonamides is 1. The predicted molar refractivity (Wildman–Crippen MR) is 119 cm³/mol. The number of hydrogen-bond acceptors (Lipinski definition) is 6. The second-order valence-electron chi connectivity index (χ2n) is 8.60. The Bertz CT molecular complexity index is 858. The molecule has 2 fully saturated rings. The molecule has 0 aromatic heterocycles. The van der Waals surface area contributed by atoms with Crippen molar-refractivity contribution < 1.29 is 22.7 Å². The molecule has 31 heavy (non-hydrogen) atoms. The second-order valence-corrected chi connectivity index (χ2v) is 10.5. The first-order valence-electron chi connectivity index (χ1n) is 11.0. The molecule has 1 aliphatic heterocycles. The van der Waals surface area contributed by atoms with E-state index in [0.29, 0.717) is 25.3 Å². The molecule has 1 amide bonds. The van der Waals surface area contributed by atoms with E-state index in [0.717, 1.165) is 25.7 Å². The number of amides is 1. The maximum atomic E-state index is 13.2. The van der Waals surface area contributed by atoms with Gasteiger partial charge in [0.1, 0.15) is 10.6 Å². The van der Waals surface area contributed by atoms with Gasteiger partial charge < -0.3 is 19.7 Å². The van der Waals surface area contributed by atoms with Gasteiger partial charge in [-0.2, -0.15) is 4.31 Å². The standard InChI is InChI=1S/C22H35N3O5S/c1-24(2)22(10-6-4-5-7-11-22)17-23-21(26)18-8-9-19(29-3)20(16-18)31(27,28)25-12-14-30-15-13-25/h8-9,16H,4-7,10-15,17H2,1-3H3,(H,23,26). The molecule has 8 nitrogen and oxygen atoms in total. The quantitative estimate of drug-likeness (QED) is 0.636. The molecular weight excluding hydrogens is 418 g/mol. The number of rotatable bonds is 7. The lowest BCUT2D eigenvalue weighted by atomic mass is 9.88. The van der Waals surface area contributed by atoms with Crippen LogP contribution in [0, 0.1) is 0 Å². The van der Waals surface area contributed by atoms with Crippen LogP contribution in [0.1, 0.15) is 48.9 Å². The van der Waals surface area contributed by atoms with Crippen molar-refractivity contribution >= 4 is 15.9 Å². The number of carbonyl (C=O) groups excluding carboxylic acids is 1. The summed E-state index contributed by atoms with van der Waals surface area (Å²) in [6.07, 6.45) is 6.84. The number of likely N-dealkylation sites (N-methyl/N-ethyl adjacent to an activating group) is 1. The SMILES string of the molecule is COc1ccc(C(=O)NCC2(N(C)C)CCCCCC2)cc1S(=O)(=O)N1CCOCC1. The van der Waals surface area contributed by atoms with Gasteiger partial charge in [0.2, 0.25) is 10.0 Å². The van der Waals surface area contributed by atoms with Gasteiger partial charge in [-0.05, 0) is 45.1 Å². The van der Waals surface area contributed by atoms with Crippen molar-refractivity contribution in [2.75, 3.05) is 54.1 Å². The monoisotopic (exact) mass is 453 g/mol. The predicted octanol–water partition coefficient (Wildman–Crippen LogP) is 2.10. The first-order valence-corrected chi connectivity index (χ1v) is 12.5. The Kier molecular flexibility index (Phi) is 7.96. The number of hydrogen-bond donors (Lipinski definition) is 1. The molecule has 1 saturated heterocycles. The van der Waals surface area contributed by atoms with Gasteiger partial charge in [0.25, 0.3) is 5.91 Å². The summed E-state index contributed by atoms with van der Waals surface area (Å²) in [5.74, 6) is -0.0388. The van der Waals surface area contributed by atoms with E-state index >= 15 is 0 Å². The largest absolute Gasteiger partial charge is 0.495 e. The van der Waals surface area contributed by atoms with E-state index in [-0.39, 0.29) is 35.2 Å². The minimum absolute atomic E-state index is 0.0151. The van der Waals surface area contributed by atoms with Crippen molar-refractivity contribution in [1.29, 1.82) is 0 Å². The molecule has 3 rings (SSSR count). The van der Waals surface area contributed by atoms with E-state index in [1.165, 1.54) is 30.3 Å². The first-order chi connectivity index (χ1) is 14.8. The lowest BCUT2D eigenvalue weighted by Gasteiger charge is -2.39. The fraction of sp³-hybridized carbons (Fsp3) is 0.682. The average Bonchev–Trinajstić information content (AvgIpc) is 3.04. The van der Waals surface area contributed by atoms with Crippen LogP contribution in [0.3, 0.4) is 0 Å². The molecule has 1 heterocycles. The van der Waals surface area contributed by atoms with E-state index in [4.69, 9.17) is 9.47 Å².